The van der Waals surface area contributed by atoms with E-state index >= 15 is 0 Å². The molecule has 1 aromatic rings. The molecular weight excluding hydrogens is 206 g/mol. The van der Waals surface area contributed by atoms with E-state index in [4.69, 9.17) is 4.74 Å². The van der Waals surface area contributed by atoms with Crippen LogP contribution >= 0.6 is 0 Å². The van der Waals surface area contributed by atoms with Crippen molar-refractivity contribution >= 4 is 5.69 Å². The van der Waals surface area contributed by atoms with Crippen LogP contribution in [0.25, 0.3) is 0 Å². The summed E-state index contributed by atoms with van der Waals surface area (Å²) in [6, 6.07) is 1.58. The molecule has 0 aliphatic rings. The van der Waals surface area contributed by atoms with E-state index in [2.05, 4.69) is 12.0 Å². The fraction of sp³-hybridized carbons (Fsp3) is 0.636. The van der Waals surface area contributed by atoms with Crippen LogP contribution in [-0.2, 0) is 11.3 Å². The number of nitrogens with zero attached hydrogens (tertiary/aromatic N) is 3. The van der Waals surface area contributed by atoms with Crippen molar-refractivity contribution in [1.29, 1.82) is 0 Å². The third kappa shape index (κ3) is 3.66. The third-order valence-electron chi connectivity index (χ3n) is 2.17. The largest absolute Gasteiger partial charge is 0.380 e. The zero-order valence-corrected chi connectivity index (χ0v) is 10.1. The van der Waals surface area contributed by atoms with Crippen LogP contribution in [0, 0.1) is 0 Å². The van der Waals surface area contributed by atoms with Gasteiger partial charge in [0.05, 0.1) is 25.0 Å². The molecule has 0 spiro atoms. The summed E-state index contributed by atoms with van der Waals surface area (Å²) >= 11 is 0. The third-order valence-corrected chi connectivity index (χ3v) is 2.17. The van der Waals surface area contributed by atoms with Gasteiger partial charge in [0.15, 0.2) is 0 Å². The van der Waals surface area contributed by atoms with Crippen LogP contribution in [0.3, 0.4) is 0 Å². The van der Waals surface area contributed by atoms with Gasteiger partial charge >= 0.3 is 0 Å². The van der Waals surface area contributed by atoms with Gasteiger partial charge in [-0.2, -0.15) is 5.10 Å². The molecule has 0 radical (unpaired) electrons. The van der Waals surface area contributed by atoms with Crippen molar-refractivity contribution in [2.75, 3.05) is 32.2 Å². The molecule has 90 valence electrons. The highest BCUT2D eigenvalue weighted by Crippen LogP contribution is 2.03. The molecule has 0 bridgehead atoms. The van der Waals surface area contributed by atoms with Gasteiger partial charge in [0, 0.05) is 26.8 Å². The summed E-state index contributed by atoms with van der Waals surface area (Å²) in [6.07, 6.45) is 2.67. The Morgan fingerprint density at radius 3 is 2.75 bits per heavy atom. The maximum absolute atomic E-state index is 11.6. The zero-order valence-electron chi connectivity index (χ0n) is 10.1. The summed E-state index contributed by atoms with van der Waals surface area (Å²) in [4.78, 5) is 13.5. The number of rotatable bonds is 6. The lowest BCUT2D eigenvalue weighted by Crippen LogP contribution is -2.26. The second-order valence-electron chi connectivity index (χ2n) is 3.78. The summed E-state index contributed by atoms with van der Waals surface area (Å²) in [5.41, 5.74) is 0.724. The van der Waals surface area contributed by atoms with Gasteiger partial charge < -0.3 is 9.64 Å². The van der Waals surface area contributed by atoms with E-state index < -0.39 is 0 Å². The molecule has 0 fully saturated rings. The molecule has 0 amide bonds. The van der Waals surface area contributed by atoms with Gasteiger partial charge in [-0.25, -0.2) is 4.68 Å². The topological polar surface area (TPSA) is 47.4 Å². The number of anilines is 1. The minimum absolute atomic E-state index is 0.0914. The van der Waals surface area contributed by atoms with Gasteiger partial charge in [-0.15, -0.1) is 0 Å². The quantitative estimate of drug-likeness (QED) is 0.670. The first kappa shape index (κ1) is 12.7. The van der Waals surface area contributed by atoms with Gasteiger partial charge in [-0.05, 0) is 6.42 Å². The number of ether oxygens (including phenoxy) is 1. The maximum atomic E-state index is 11.6. The molecule has 0 unspecified atom stereocenters. The second-order valence-corrected chi connectivity index (χ2v) is 3.78. The van der Waals surface area contributed by atoms with E-state index in [9.17, 15) is 4.79 Å². The Morgan fingerprint density at radius 2 is 2.19 bits per heavy atom. The monoisotopic (exact) mass is 225 g/mol. The van der Waals surface area contributed by atoms with Crippen LogP contribution in [-0.4, -0.2) is 37.1 Å². The van der Waals surface area contributed by atoms with Crippen LogP contribution in [0.1, 0.15) is 13.3 Å². The molecule has 5 nitrogen and oxygen atoms in total. The van der Waals surface area contributed by atoms with Gasteiger partial charge in [-0.1, -0.05) is 6.92 Å². The van der Waals surface area contributed by atoms with E-state index in [0.717, 1.165) is 18.7 Å². The lowest BCUT2D eigenvalue weighted by atomic mass is 10.4. The highest BCUT2D eigenvalue weighted by Gasteiger charge is 2.01. The summed E-state index contributed by atoms with van der Waals surface area (Å²) in [6.45, 7) is 3.81. The van der Waals surface area contributed by atoms with Crippen LogP contribution in [0.5, 0.6) is 0 Å². The molecule has 0 aliphatic heterocycles. The van der Waals surface area contributed by atoms with Crippen molar-refractivity contribution in [2.24, 2.45) is 0 Å². The summed E-state index contributed by atoms with van der Waals surface area (Å²) in [5.74, 6) is 0. The van der Waals surface area contributed by atoms with E-state index in [1.54, 1.807) is 12.3 Å². The highest BCUT2D eigenvalue weighted by atomic mass is 16.5. The predicted molar refractivity (Wildman–Crippen MR) is 63.9 cm³/mol. The van der Waals surface area contributed by atoms with E-state index in [1.807, 2.05) is 19.0 Å². The molecule has 16 heavy (non-hydrogen) atoms. The molecule has 1 aromatic heterocycles. The van der Waals surface area contributed by atoms with Crippen molar-refractivity contribution in [3.05, 3.63) is 22.6 Å². The van der Waals surface area contributed by atoms with Gasteiger partial charge in [0.2, 0.25) is 0 Å². The average molecular weight is 225 g/mol. The summed E-state index contributed by atoms with van der Waals surface area (Å²) < 4.78 is 6.73. The van der Waals surface area contributed by atoms with Crippen molar-refractivity contribution in [3.8, 4) is 0 Å². The summed E-state index contributed by atoms with van der Waals surface area (Å²) in [5, 5.41) is 4.08. The van der Waals surface area contributed by atoms with Crippen molar-refractivity contribution in [1.82, 2.24) is 9.78 Å². The molecule has 1 rings (SSSR count). The molecule has 0 aliphatic carbocycles. The Balaban J connectivity index is 2.58. The zero-order chi connectivity index (χ0) is 12.0. The molecule has 0 N–H and O–H groups in total. The van der Waals surface area contributed by atoms with Crippen LogP contribution in [0.2, 0.25) is 0 Å². The Morgan fingerprint density at radius 1 is 1.44 bits per heavy atom. The smallest absolute Gasteiger partial charge is 0.268 e. The fourth-order valence-electron chi connectivity index (χ4n) is 1.23. The lowest BCUT2D eigenvalue weighted by molar-refractivity contribution is 0.123. The molecule has 1 heterocycles. The second kappa shape index (κ2) is 6.27. The number of hydrogen-bond donors (Lipinski definition) is 0. The molecule has 5 heteroatoms. The molecule has 0 saturated heterocycles. The van der Waals surface area contributed by atoms with E-state index in [1.165, 1.54) is 4.68 Å². The summed E-state index contributed by atoms with van der Waals surface area (Å²) in [7, 11) is 3.76. The van der Waals surface area contributed by atoms with Crippen LogP contribution in [0.4, 0.5) is 5.69 Å². The Bertz CT molecular complexity index is 374. The minimum Gasteiger partial charge on any atom is -0.380 e. The number of aromatic nitrogens is 2. The Kier molecular flexibility index (Phi) is 4.98. The molecular formula is C11H19N3O2. The normalized spacial score (nSPS) is 10.4. The first-order chi connectivity index (χ1) is 7.65. The lowest BCUT2D eigenvalue weighted by Gasteiger charge is -2.12. The van der Waals surface area contributed by atoms with Crippen molar-refractivity contribution < 1.29 is 4.74 Å². The first-order valence-corrected chi connectivity index (χ1v) is 5.47. The van der Waals surface area contributed by atoms with Crippen molar-refractivity contribution in [3.63, 3.8) is 0 Å². The van der Waals surface area contributed by atoms with Crippen LogP contribution in [0.15, 0.2) is 17.1 Å². The molecule has 0 aromatic carbocycles. The van der Waals surface area contributed by atoms with Gasteiger partial charge in [-0.3, -0.25) is 4.79 Å². The standard InChI is InChI=1S/C11H19N3O2/c1-4-6-16-7-5-14-11(15)8-10(9-12-14)13(2)3/h8-9H,4-7H2,1-3H3. The van der Waals surface area contributed by atoms with Crippen molar-refractivity contribution in [2.45, 2.75) is 19.9 Å². The minimum atomic E-state index is -0.0914. The average Bonchev–Trinajstić information content (AvgIpc) is 2.26. The van der Waals surface area contributed by atoms with Crippen LogP contribution < -0.4 is 10.5 Å². The molecule has 0 saturated carbocycles. The predicted octanol–water partition coefficient (Wildman–Crippen LogP) is 0.736. The van der Waals surface area contributed by atoms with Gasteiger partial charge in [0.1, 0.15) is 0 Å². The van der Waals surface area contributed by atoms with E-state index in [-0.39, 0.29) is 5.56 Å². The SMILES string of the molecule is CCCOCCn1ncc(N(C)C)cc1=O. The fourth-order valence-corrected chi connectivity index (χ4v) is 1.23. The van der Waals surface area contributed by atoms with Gasteiger partial charge in [0.25, 0.3) is 5.56 Å². The first-order valence-electron chi connectivity index (χ1n) is 5.47. The highest BCUT2D eigenvalue weighted by molar-refractivity contribution is 5.40. The Labute approximate surface area is 95.6 Å². The Hall–Kier alpha value is -1.36. The molecule has 0 atom stereocenters. The maximum Gasteiger partial charge on any atom is 0.268 e. The number of hydrogen-bond acceptors (Lipinski definition) is 4. The van der Waals surface area contributed by atoms with E-state index in [0.29, 0.717) is 13.2 Å².